The minimum atomic E-state index is -0.670. The van der Waals surface area contributed by atoms with Crippen molar-refractivity contribution in [2.45, 2.75) is 103 Å². The first kappa shape index (κ1) is 32.1. The van der Waals surface area contributed by atoms with Crippen LogP contribution in [0.2, 0.25) is 0 Å². The van der Waals surface area contributed by atoms with Gasteiger partial charge >= 0.3 is 0 Å². The maximum Gasteiger partial charge on any atom is 0.143 e. The molecule has 4 fully saturated rings. The smallest absolute Gasteiger partial charge is 0.143 e. The van der Waals surface area contributed by atoms with E-state index in [2.05, 4.69) is 112 Å². The van der Waals surface area contributed by atoms with E-state index in [1.807, 2.05) is 0 Å². The molecule has 4 aliphatic rings. The lowest BCUT2D eigenvalue weighted by Crippen LogP contribution is -2.58. The maximum atomic E-state index is 12.0. The average Bonchev–Trinajstić information content (AvgIpc) is 3.45. The third kappa shape index (κ3) is 5.30. The second-order valence-corrected chi connectivity index (χ2v) is 16.1. The van der Waals surface area contributed by atoms with Crippen LogP contribution in [0.3, 0.4) is 0 Å². The van der Waals surface area contributed by atoms with Gasteiger partial charge in [0.05, 0.1) is 12.2 Å². The molecule has 3 aromatic rings. The zero-order valence-electron chi connectivity index (χ0n) is 28.4. The highest BCUT2D eigenvalue weighted by molar-refractivity contribution is 5.47. The average molecular weight is 621 g/mol. The van der Waals surface area contributed by atoms with Crippen LogP contribution in [0.25, 0.3) is 0 Å². The molecule has 10 atom stereocenters. The lowest BCUT2D eigenvalue weighted by Gasteiger charge is -2.62. The lowest BCUT2D eigenvalue weighted by molar-refractivity contribution is -0.175. The Morgan fingerprint density at radius 2 is 1.33 bits per heavy atom. The molecule has 46 heavy (non-hydrogen) atoms. The van der Waals surface area contributed by atoms with Crippen molar-refractivity contribution >= 4 is 0 Å². The Morgan fingerprint density at radius 1 is 0.739 bits per heavy atom. The van der Waals surface area contributed by atoms with Crippen molar-refractivity contribution < 1.29 is 14.9 Å². The molecule has 0 amide bonds. The molecule has 3 heteroatoms. The summed E-state index contributed by atoms with van der Waals surface area (Å²) in [4.78, 5) is 0. The van der Waals surface area contributed by atoms with E-state index in [0.717, 1.165) is 61.1 Å². The van der Waals surface area contributed by atoms with Crippen molar-refractivity contribution in [3.05, 3.63) is 108 Å². The van der Waals surface area contributed by atoms with Gasteiger partial charge < -0.3 is 14.9 Å². The van der Waals surface area contributed by atoms with Crippen LogP contribution in [0.4, 0.5) is 0 Å². The van der Waals surface area contributed by atoms with Crippen LogP contribution in [0, 0.1) is 46.3 Å². The van der Waals surface area contributed by atoms with Crippen molar-refractivity contribution in [2.75, 3.05) is 6.61 Å². The number of rotatable bonds is 9. The molecule has 3 aromatic carbocycles. The van der Waals surface area contributed by atoms with Gasteiger partial charge in [0.15, 0.2) is 0 Å². The molecular formula is C43H56O3. The summed E-state index contributed by atoms with van der Waals surface area (Å²) in [7, 11) is 0. The maximum absolute atomic E-state index is 12.0. The van der Waals surface area contributed by atoms with Gasteiger partial charge in [-0.25, -0.2) is 0 Å². The summed E-state index contributed by atoms with van der Waals surface area (Å²) in [5, 5.41) is 22.5. The van der Waals surface area contributed by atoms with Gasteiger partial charge in [-0.2, -0.15) is 0 Å². The number of aliphatic hydroxyl groups excluding tert-OH is 2. The SMILES string of the molecule is C[C@H](CCCOC(c1ccccc1)(c1ccccc1)c1ccccc1)[C@H]1CC[C@H]2[C@@H]3CCC4C[C@H](O)CC[C@]4(C)[C@H]3C[C@H](O)[C@]12C. The van der Waals surface area contributed by atoms with Crippen molar-refractivity contribution in [1.82, 2.24) is 0 Å². The molecule has 3 nitrogen and oxygen atoms in total. The number of hydrogen-bond acceptors (Lipinski definition) is 3. The Hall–Kier alpha value is -2.46. The molecule has 4 saturated carbocycles. The highest BCUT2D eigenvalue weighted by Gasteiger charge is 2.63. The molecule has 0 saturated heterocycles. The van der Waals surface area contributed by atoms with Crippen LogP contribution in [-0.4, -0.2) is 29.0 Å². The van der Waals surface area contributed by atoms with Gasteiger partial charge in [0.1, 0.15) is 5.60 Å². The first-order chi connectivity index (χ1) is 22.3. The fourth-order valence-electron chi connectivity index (χ4n) is 11.8. The minimum absolute atomic E-state index is 0.000686. The van der Waals surface area contributed by atoms with Crippen molar-refractivity contribution in [2.24, 2.45) is 46.3 Å². The first-order valence-electron chi connectivity index (χ1n) is 18.4. The standard InChI is InChI=1S/C43H56O3/c1-30(37-23-24-38-36-22-21-34-28-35(44)25-26-41(34,2)39(36)29-40(45)42(37,38)3)14-13-27-46-43(31-15-7-4-8-16-31,32-17-9-5-10-18-32)33-19-11-6-12-20-33/h4-12,15-20,30,34-40,44-45H,13-14,21-29H2,1-3H3/t30-,34?,35-,36+,37-,38+,39+,40+,41+,42-/m1/s1. The highest BCUT2D eigenvalue weighted by Crippen LogP contribution is 2.68. The van der Waals surface area contributed by atoms with Gasteiger partial charge in [0.25, 0.3) is 0 Å². The predicted molar refractivity (Wildman–Crippen MR) is 186 cm³/mol. The molecule has 0 spiro atoms. The van der Waals surface area contributed by atoms with E-state index in [9.17, 15) is 10.2 Å². The minimum Gasteiger partial charge on any atom is -0.393 e. The highest BCUT2D eigenvalue weighted by atomic mass is 16.5. The van der Waals surface area contributed by atoms with Crippen LogP contribution in [0.15, 0.2) is 91.0 Å². The largest absolute Gasteiger partial charge is 0.393 e. The van der Waals surface area contributed by atoms with Gasteiger partial charge in [0, 0.05) is 6.61 Å². The van der Waals surface area contributed by atoms with Gasteiger partial charge in [-0.3, -0.25) is 0 Å². The summed E-state index contributed by atoms with van der Waals surface area (Å²) in [5.41, 5.74) is 3.08. The molecule has 4 aliphatic carbocycles. The van der Waals surface area contributed by atoms with Crippen molar-refractivity contribution in [1.29, 1.82) is 0 Å². The fraction of sp³-hybridized carbons (Fsp3) is 0.581. The van der Waals surface area contributed by atoms with E-state index in [4.69, 9.17) is 4.74 Å². The van der Waals surface area contributed by atoms with Crippen LogP contribution in [0.1, 0.15) is 102 Å². The van der Waals surface area contributed by atoms with Crippen LogP contribution >= 0.6 is 0 Å². The molecule has 0 aromatic heterocycles. The molecule has 1 unspecified atom stereocenters. The van der Waals surface area contributed by atoms with Crippen LogP contribution in [-0.2, 0) is 10.3 Å². The third-order valence-corrected chi connectivity index (χ3v) is 14.2. The summed E-state index contributed by atoms with van der Waals surface area (Å²) < 4.78 is 7.13. The molecule has 0 heterocycles. The van der Waals surface area contributed by atoms with E-state index in [1.165, 1.54) is 25.7 Å². The predicted octanol–water partition coefficient (Wildman–Crippen LogP) is 9.40. The van der Waals surface area contributed by atoms with E-state index in [0.29, 0.717) is 36.2 Å². The molecule has 246 valence electrons. The van der Waals surface area contributed by atoms with Gasteiger partial charge in [0.2, 0.25) is 0 Å². The van der Waals surface area contributed by atoms with Gasteiger partial charge in [-0.15, -0.1) is 0 Å². The van der Waals surface area contributed by atoms with E-state index < -0.39 is 5.60 Å². The van der Waals surface area contributed by atoms with Gasteiger partial charge in [-0.1, -0.05) is 112 Å². The Balaban J connectivity index is 1.07. The van der Waals surface area contributed by atoms with Crippen LogP contribution in [0.5, 0.6) is 0 Å². The monoisotopic (exact) mass is 620 g/mol. The molecular weight excluding hydrogens is 564 g/mol. The zero-order valence-corrected chi connectivity index (χ0v) is 28.4. The van der Waals surface area contributed by atoms with Crippen LogP contribution < -0.4 is 0 Å². The normalized spacial score (nSPS) is 36.3. The summed E-state index contributed by atoms with van der Waals surface area (Å²) in [6, 6.07) is 32.1. The molecule has 0 radical (unpaired) electrons. The second kappa shape index (κ2) is 12.9. The van der Waals surface area contributed by atoms with E-state index in [1.54, 1.807) is 0 Å². The summed E-state index contributed by atoms with van der Waals surface area (Å²) in [6.07, 6.45) is 10.8. The first-order valence-corrected chi connectivity index (χ1v) is 18.4. The zero-order chi connectivity index (χ0) is 31.9. The summed E-state index contributed by atoms with van der Waals surface area (Å²) in [5.74, 6) is 3.68. The number of benzene rings is 3. The summed E-state index contributed by atoms with van der Waals surface area (Å²) >= 11 is 0. The number of hydrogen-bond donors (Lipinski definition) is 2. The molecule has 0 aliphatic heterocycles. The third-order valence-electron chi connectivity index (χ3n) is 14.2. The number of aliphatic hydroxyl groups is 2. The quantitative estimate of drug-likeness (QED) is 0.185. The van der Waals surface area contributed by atoms with Gasteiger partial charge in [-0.05, 0) is 127 Å². The topological polar surface area (TPSA) is 49.7 Å². The number of ether oxygens (including phenoxy) is 1. The fourth-order valence-corrected chi connectivity index (χ4v) is 11.8. The summed E-state index contributed by atoms with van der Waals surface area (Å²) in [6.45, 7) is 8.12. The van der Waals surface area contributed by atoms with Crippen molar-refractivity contribution in [3.63, 3.8) is 0 Å². The Morgan fingerprint density at radius 3 is 1.91 bits per heavy atom. The second-order valence-electron chi connectivity index (χ2n) is 16.1. The molecule has 2 N–H and O–H groups in total. The number of fused-ring (bicyclic) bond motifs is 5. The van der Waals surface area contributed by atoms with E-state index >= 15 is 0 Å². The van der Waals surface area contributed by atoms with E-state index in [-0.39, 0.29) is 23.0 Å². The Bertz CT molecular complexity index is 1330. The Kier molecular flexibility index (Phi) is 8.98. The molecule has 7 rings (SSSR count). The van der Waals surface area contributed by atoms with Crippen molar-refractivity contribution in [3.8, 4) is 0 Å². The molecule has 0 bridgehead atoms. The Labute approximate surface area is 277 Å². The lowest BCUT2D eigenvalue weighted by atomic mass is 9.43.